The van der Waals surface area contributed by atoms with E-state index in [1.54, 1.807) is 0 Å². The quantitative estimate of drug-likeness (QED) is 0.541. The number of hydrogen-bond acceptors (Lipinski definition) is 6. The van der Waals surface area contributed by atoms with E-state index >= 15 is 0 Å². The van der Waals surface area contributed by atoms with E-state index in [4.69, 9.17) is 4.98 Å². The summed E-state index contributed by atoms with van der Waals surface area (Å²) in [6.07, 6.45) is 6.24. The Bertz CT molecular complexity index is 1190. The van der Waals surface area contributed by atoms with Gasteiger partial charge in [0.15, 0.2) is 0 Å². The minimum absolute atomic E-state index is 0.356. The van der Waals surface area contributed by atoms with Crippen LogP contribution in [0.15, 0.2) is 36.7 Å². The molecule has 8 nitrogen and oxygen atoms in total. The number of piperidine rings is 1. The third-order valence-electron chi connectivity index (χ3n) is 6.56. The largest absolute Gasteiger partial charge is 0.370 e. The van der Waals surface area contributed by atoms with Gasteiger partial charge in [-0.2, -0.15) is 10.3 Å². The molecular weight excluding hydrogens is 388 g/mol. The van der Waals surface area contributed by atoms with Crippen molar-refractivity contribution in [2.45, 2.75) is 33.6 Å². The van der Waals surface area contributed by atoms with Gasteiger partial charge in [0, 0.05) is 31.1 Å². The Kier molecular flexibility index (Phi) is 4.72. The van der Waals surface area contributed by atoms with Gasteiger partial charge in [-0.15, -0.1) is 10.2 Å². The molecule has 0 atom stereocenters. The van der Waals surface area contributed by atoms with E-state index < -0.39 is 0 Å². The minimum Gasteiger partial charge on any atom is -0.370 e. The van der Waals surface area contributed by atoms with Crippen molar-refractivity contribution in [1.82, 2.24) is 35.4 Å². The highest BCUT2D eigenvalue weighted by Gasteiger charge is 2.29. The molecule has 160 valence electrons. The molecule has 0 unspecified atom stereocenters. The van der Waals surface area contributed by atoms with E-state index in [1.165, 1.54) is 12.8 Å². The van der Waals surface area contributed by atoms with Crippen molar-refractivity contribution in [3.05, 3.63) is 36.7 Å². The zero-order valence-electron chi connectivity index (χ0n) is 18.5. The molecule has 5 rings (SSSR count). The Labute approximate surface area is 181 Å². The molecule has 8 heteroatoms. The number of anilines is 1. The number of H-pyrrole nitrogens is 1. The summed E-state index contributed by atoms with van der Waals surface area (Å²) in [4.78, 5) is 7.29. The monoisotopic (exact) mass is 416 g/mol. The van der Waals surface area contributed by atoms with Crippen LogP contribution in [0.5, 0.6) is 0 Å². The maximum atomic E-state index is 4.87. The average molecular weight is 417 g/mol. The number of nitrogens with one attached hydrogen (secondary N) is 1. The maximum Gasteiger partial charge on any atom is 0.206 e. The molecule has 0 spiro atoms. The average Bonchev–Trinajstić information content (AvgIpc) is 3.43. The first-order valence-corrected chi connectivity index (χ1v) is 10.8. The lowest BCUT2D eigenvalue weighted by molar-refractivity contribution is 0.199. The van der Waals surface area contributed by atoms with Crippen molar-refractivity contribution < 1.29 is 0 Å². The lowest BCUT2D eigenvalue weighted by Crippen LogP contribution is -2.38. The van der Waals surface area contributed by atoms with Gasteiger partial charge in [0.1, 0.15) is 0 Å². The lowest BCUT2D eigenvalue weighted by atomic mass is 9.75. The topological polar surface area (TPSA) is 88.4 Å². The summed E-state index contributed by atoms with van der Waals surface area (Å²) in [6, 6.07) is 8.41. The van der Waals surface area contributed by atoms with Crippen LogP contribution in [0.3, 0.4) is 0 Å². The third-order valence-corrected chi connectivity index (χ3v) is 6.56. The molecule has 4 aromatic rings. The van der Waals surface area contributed by atoms with Crippen LogP contribution in [0.25, 0.3) is 33.5 Å². The molecule has 0 saturated carbocycles. The summed E-state index contributed by atoms with van der Waals surface area (Å²) < 4.78 is 1.87. The second-order valence-corrected chi connectivity index (χ2v) is 9.49. The molecule has 31 heavy (non-hydrogen) atoms. The molecule has 1 aliphatic rings. The van der Waals surface area contributed by atoms with Crippen molar-refractivity contribution in [2.24, 2.45) is 18.4 Å². The smallest absolute Gasteiger partial charge is 0.206 e. The van der Waals surface area contributed by atoms with E-state index in [-0.39, 0.29) is 0 Å². The molecule has 0 aliphatic carbocycles. The highest BCUT2D eigenvalue weighted by atomic mass is 15.5. The van der Waals surface area contributed by atoms with Gasteiger partial charge < -0.3 is 4.90 Å². The normalized spacial score (nSPS) is 15.7. The van der Waals surface area contributed by atoms with Gasteiger partial charge in [-0.1, -0.05) is 26.8 Å². The van der Waals surface area contributed by atoms with Crippen LogP contribution in [0.4, 0.5) is 5.69 Å². The highest BCUT2D eigenvalue weighted by molar-refractivity contribution is 5.87. The molecule has 0 amide bonds. The van der Waals surface area contributed by atoms with E-state index in [2.05, 4.69) is 75.7 Å². The number of aryl methyl sites for hydroxylation is 1. The molecule has 1 N–H and O–H groups in total. The Morgan fingerprint density at radius 3 is 2.58 bits per heavy atom. The third kappa shape index (κ3) is 3.66. The number of aromatic nitrogens is 7. The fourth-order valence-corrected chi connectivity index (χ4v) is 4.62. The first-order chi connectivity index (χ1) is 14.9. The van der Waals surface area contributed by atoms with Gasteiger partial charge in [-0.05, 0) is 47.6 Å². The molecule has 4 heterocycles. The zero-order chi connectivity index (χ0) is 21.6. The zero-order valence-corrected chi connectivity index (χ0v) is 18.5. The van der Waals surface area contributed by atoms with Crippen LogP contribution in [0.2, 0.25) is 0 Å². The summed E-state index contributed by atoms with van der Waals surface area (Å²) >= 11 is 0. The van der Waals surface area contributed by atoms with E-state index in [9.17, 15) is 0 Å². The summed E-state index contributed by atoms with van der Waals surface area (Å²) in [7, 11) is 1.95. The number of rotatable bonds is 3. The van der Waals surface area contributed by atoms with Crippen LogP contribution in [-0.2, 0) is 7.05 Å². The SMILES string of the molecule is Cn1ncc2cc(-c3ncc(N4CCC(C(C)(C)C)CC4)cc3-c3nn[nH]n3)ccc21. The number of aromatic amines is 1. The van der Waals surface area contributed by atoms with Gasteiger partial charge in [-0.3, -0.25) is 9.67 Å². The number of hydrogen-bond donors (Lipinski definition) is 1. The Morgan fingerprint density at radius 2 is 1.87 bits per heavy atom. The minimum atomic E-state index is 0.356. The van der Waals surface area contributed by atoms with Gasteiger partial charge in [0.05, 0.1) is 34.9 Å². The van der Waals surface area contributed by atoms with Crippen LogP contribution >= 0.6 is 0 Å². The number of nitrogens with zero attached hydrogens (tertiary/aromatic N) is 7. The second-order valence-electron chi connectivity index (χ2n) is 9.49. The summed E-state index contributed by atoms with van der Waals surface area (Å²) in [5.41, 5.74) is 5.29. The number of tetrazole rings is 1. The molecular formula is C23H28N8. The van der Waals surface area contributed by atoms with Crippen molar-refractivity contribution in [3.63, 3.8) is 0 Å². The van der Waals surface area contributed by atoms with Crippen molar-refractivity contribution in [2.75, 3.05) is 18.0 Å². The van der Waals surface area contributed by atoms with Gasteiger partial charge in [0.2, 0.25) is 5.82 Å². The fraction of sp³-hybridized carbons (Fsp3) is 0.435. The Balaban J connectivity index is 1.51. The molecule has 0 bridgehead atoms. The fourth-order valence-electron chi connectivity index (χ4n) is 4.62. The van der Waals surface area contributed by atoms with Crippen LogP contribution in [-0.4, -0.2) is 48.5 Å². The molecule has 3 aromatic heterocycles. The number of fused-ring (bicyclic) bond motifs is 1. The molecule has 1 fully saturated rings. The molecule has 1 aliphatic heterocycles. The summed E-state index contributed by atoms with van der Waals surface area (Å²) in [5, 5.41) is 20.3. The first kappa shape index (κ1) is 19.7. The van der Waals surface area contributed by atoms with Crippen molar-refractivity contribution >= 4 is 16.6 Å². The maximum absolute atomic E-state index is 4.87. The van der Waals surface area contributed by atoms with E-state index in [1.807, 2.05) is 24.1 Å². The van der Waals surface area contributed by atoms with Gasteiger partial charge >= 0.3 is 0 Å². The highest BCUT2D eigenvalue weighted by Crippen LogP contribution is 2.37. The van der Waals surface area contributed by atoms with Gasteiger partial charge in [0.25, 0.3) is 0 Å². The molecule has 0 radical (unpaired) electrons. The second kappa shape index (κ2) is 7.44. The number of pyridine rings is 1. The van der Waals surface area contributed by atoms with E-state index in [0.717, 1.165) is 52.4 Å². The van der Waals surface area contributed by atoms with Crippen LogP contribution in [0, 0.1) is 11.3 Å². The molecule has 1 aromatic carbocycles. The predicted molar refractivity (Wildman–Crippen MR) is 122 cm³/mol. The summed E-state index contributed by atoms with van der Waals surface area (Å²) in [5.74, 6) is 1.30. The van der Waals surface area contributed by atoms with Crippen LogP contribution < -0.4 is 4.90 Å². The Hall–Kier alpha value is -3.29. The standard InChI is InChI=1S/C23H28N8/c1-23(2,3)17-7-9-31(10-8-17)18-12-19(22-26-28-29-27-22)21(24-14-18)15-5-6-20-16(11-15)13-25-30(20)4/h5-6,11-14,17H,7-10H2,1-4H3,(H,26,27,28,29). The van der Waals surface area contributed by atoms with Crippen molar-refractivity contribution in [1.29, 1.82) is 0 Å². The predicted octanol–water partition coefficient (Wildman–Crippen LogP) is 4.08. The van der Waals surface area contributed by atoms with Gasteiger partial charge in [-0.25, -0.2) is 0 Å². The summed E-state index contributed by atoms with van der Waals surface area (Å²) in [6.45, 7) is 9.11. The van der Waals surface area contributed by atoms with Crippen LogP contribution in [0.1, 0.15) is 33.6 Å². The first-order valence-electron chi connectivity index (χ1n) is 10.8. The molecule has 1 saturated heterocycles. The Morgan fingerprint density at radius 1 is 1.06 bits per heavy atom. The lowest BCUT2D eigenvalue weighted by Gasteiger charge is -2.39. The van der Waals surface area contributed by atoms with Crippen molar-refractivity contribution in [3.8, 4) is 22.6 Å². The van der Waals surface area contributed by atoms with E-state index in [0.29, 0.717) is 11.2 Å². The number of benzene rings is 1.